The van der Waals surface area contributed by atoms with Crippen molar-refractivity contribution in [2.24, 2.45) is 5.34 Å². The van der Waals surface area contributed by atoms with Crippen LogP contribution in [0.3, 0.4) is 0 Å². The Morgan fingerprint density at radius 2 is 1.41 bits per heavy atom. The maximum atomic E-state index is 8.42. The van der Waals surface area contributed by atoms with Gasteiger partial charge in [0, 0.05) is 6.61 Å². The van der Waals surface area contributed by atoms with Crippen LogP contribution in [0.1, 0.15) is 45.4 Å². The number of hydrogen-bond acceptors (Lipinski definition) is 4. The molecule has 112 valence electrons. The Bertz CT molecular complexity index is 102. The topological polar surface area (TPSA) is 140 Å². The van der Waals surface area contributed by atoms with E-state index in [-0.39, 0.29) is 12.3 Å². The van der Waals surface area contributed by atoms with E-state index < -0.39 is 16.5 Å². The van der Waals surface area contributed by atoms with E-state index in [1.807, 2.05) is 0 Å². The van der Waals surface area contributed by atoms with Gasteiger partial charge in [0.2, 0.25) is 0 Å². The Kier molecular flexibility index (Phi) is 78.8. The average Bonchev–Trinajstić information content (AvgIpc) is 2.20. The second-order valence-corrected chi connectivity index (χ2v) is 5.89. The molecule has 0 heterocycles. The normalized spacial score (nSPS) is 7.29. The van der Waals surface area contributed by atoms with Crippen LogP contribution in [0.2, 0.25) is 0 Å². The molecule has 0 rings (SSSR count). The molecule has 0 aromatic rings. The number of hydrogen-bond donors (Lipinski definition) is 1. The molecular formula is C8H22Cl2N3O3Pt-. The van der Waals surface area contributed by atoms with Crippen LogP contribution in [0.4, 0.5) is 0 Å². The van der Waals surface area contributed by atoms with E-state index in [0.29, 0.717) is 6.61 Å². The van der Waals surface area contributed by atoms with Gasteiger partial charge in [0.1, 0.15) is 0 Å². The number of rotatable bonds is 6. The average molecular weight is 474 g/mol. The van der Waals surface area contributed by atoms with Crippen LogP contribution in [0.15, 0.2) is 5.34 Å². The van der Waals surface area contributed by atoms with Crippen LogP contribution in [-0.4, -0.2) is 11.7 Å². The minimum absolute atomic E-state index is 0. The van der Waals surface area contributed by atoms with E-state index >= 15 is 0 Å². The predicted octanol–water partition coefficient (Wildman–Crippen LogP) is 5.40. The summed E-state index contributed by atoms with van der Waals surface area (Å²) in [6.45, 7) is 2.58. The van der Waals surface area contributed by atoms with Gasteiger partial charge < -0.3 is 27.5 Å². The number of aliphatic hydroxyl groups is 1. The van der Waals surface area contributed by atoms with Crippen LogP contribution in [-0.2, 0) is 16.5 Å². The van der Waals surface area contributed by atoms with Gasteiger partial charge in [-0.05, 0) is 6.42 Å². The van der Waals surface area contributed by atoms with Gasteiger partial charge in [0.05, 0.1) is 0 Å². The number of unbranched alkanes of at least 4 members (excludes halogenated alkanes) is 5. The number of nitrogens with zero attached hydrogens (tertiary/aromatic N) is 1. The van der Waals surface area contributed by atoms with Gasteiger partial charge in [-0.2, -0.15) is 0 Å². The molecule has 5 N–H and O–H groups in total. The molecule has 6 nitrogen and oxygen atoms in total. The molecule has 0 aliphatic heterocycles. The van der Waals surface area contributed by atoms with Crippen LogP contribution >= 0.6 is 18.8 Å². The van der Waals surface area contributed by atoms with Gasteiger partial charge in [0.15, 0.2) is 0 Å². The summed E-state index contributed by atoms with van der Waals surface area (Å²) >= 11 is -0.472. The third-order valence-electron chi connectivity index (χ3n) is 1.51. The van der Waals surface area contributed by atoms with E-state index in [1.54, 1.807) is 0 Å². The first-order chi connectivity index (χ1) is 7.24. The minimum Gasteiger partial charge on any atom is -0.693 e. The Hall–Kier alpha value is 0.548. The van der Waals surface area contributed by atoms with Crippen LogP contribution in [0, 0.1) is 10.1 Å². The zero-order valence-electron chi connectivity index (χ0n) is 9.89. The Morgan fingerprint density at radius 1 is 1.12 bits per heavy atom. The summed E-state index contributed by atoms with van der Waals surface area (Å²) in [5, 5.41) is 17.4. The molecule has 0 radical (unpaired) electrons. The smallest absolute Gasteiger partial charge is 0.693 e. The summed E-state index contributed by atoms with van der Waals surface area (Å²) in [5.41, 5.74) is 0. The summed E-state index contributed by atoms with van der Waals surface area (Å²) in [4.78, 5) is 8.00. The Morgan fingerprint density at radius 3 is 1.71 bits per heavy atom. The van der Waals surface area contributed by atoms with Crippen molar-refractivity contribution in [1.29, 1.82) is 0 Å². The van der Waals surface area contributed by atoms with E-state index in [2.05, 4.69) is 6.92 Å². The summed E-state index contributed by atoms with van der Waals surface area (Å²) in [6.07, 6.45) is 7.50. The van der Waals surface area contributed by atoms with Crippen molar-refractivity contribution in [2.75, 3.05) is 6.61 Å². The fraction of sp³-hybridized carbons (Fsp3) is 1.00. The van der Waals surface area contributed by atoms with Gasteiger partial charge in [0.25, 0.3) is 0 Å². The third-order valence-corrected chi connectivity index (χ3v) is 1.51. The van der Waals surface area contributed by atoms with Gasteiger partial charge in [-0.15, -0.1) is 5.34 Å². The van der Waals surface area contributed by atoms with Crippen molar-refractivity contribution < 1.29 is 21.6 Å². The molecule has 0 saturated heterocycles. The Labute approximate surface area is 120 Å². The molecule has 0 aromatic heterocycles. The monoisotopic (exact) mass is 473 g/mol. The predicted molar refractivity (Wildman–Crippen MR) is 71.9 cm³/mol. The van der Waals surface area contributed by atoms with Crippen molar-refractivity contribution in [3.8, 4) is 0 Å². The first-order valence-electron chi connectivity index (χ1n) is 4.63. The molecular weight excluding hydrogens is 452 g/mol. The maximum Gasteiger partial charge on any atom is -0.693 e. The standard InChI is InChI=1S/C8H18O.2ClH.HNO2.2H2N.Pt/c1-2-3-4-5-6-7-8-9;;;2-1-3;;;/h9H,2-8H2,1H3;2*1H;(H,2,3);2*1H2;/q;;;;2*-1;+4/p-3. The molecule has 0 spiro atoms. The van der Waals surface area contributed by atoms with Crippen LogP contribution < -0.4 is 0 Å². The fourth-order valence-electron chi connectivity index (χ4n) is 0.892. The first-order valence-corrected chi connectivity index (χ1v) is 10.3. The fourth-order valence-corrected chi connectivity index (χ4v) is 0.892. The molecule has 0 bridgehead atoms. The van der Waals surface area contributed by atoms with E-state index in [4.69, 9.17) is 34.1 Å². The zero-order valence-corrected chi connectivity index (χ0v) is 13.7. The SMILES string of the molecule is CCCCCCCCO.O=N[O-].[Cl][Pt+2][Cl].[NH2-].[NH2-]. The molecule has 0 aliphatic carbocycles. The quantitative estimate of drug-likeness (QED) is 0.313. The van der Waals surface area contributed by atoms with Crippen molar-refractivity contribution in [3.63, 3.8) is 0 Å². The van der Waals surface area contributed by atoms with E-state index in [0.717, 1.165) is 11.8 Å². The van der Waals surface area contributed by atoms with Gasteiger partial charge in [-0.25, -0.2) is 0 Å². The molecule has 0 saturated carbocycles. The summed E-state index contributed by atoms with van der Waals surface area (Å²) < 4.78 is 0. The molecule has 0 fully saturated rings. The molecule has 0 unspecified atom stereocenters. The maximum absolute atomic E-state index is 8.42. The number of nitrogens with two attached hydrogens (primary N) is 2. The summed E-state index contributed by atoms with van der Waals surface area (Å²) in [5.74, 6) is 0. The van der Waals surface area contributed by atoms with E-state index in [9.17, 15) is 0 Å². The second kappa shape index (κ2) is 43.9. The Balaban J connectivity index is -0.0000000514. The minimum atomic E-state index is -0.472. The summed E-state index contributed by atoms with van der Waals surface area (Å²) in [6, 6.07) is 0. The van der Waals surface area contributed by atoms with Crippen molar-refractivity contribution >= 4 is 18.8 Å². The van der Waals surface area contributed by atoms with Gasteiger partial charge >= 0.3 is 35.3 Å². The van der Waals surface area contributed by atoms with Crippen molar-refractivity contribution in [2.45, 2.75) is 45.4 Å². The second-order valence-electron chi connectivity index (χ2n) is 2.61. The molecule has 0 atom stereocenters. The third kappa shape index (κ3) is 81.7. The largest absolute Gasteiger partial charge is 0.693 e. The molecule has 0 aliphatic rings. The summed E-state index contributed by atoms with van der Waals surface area (Å²) in [7, 11) is 9.75. The molecule has 17 heavy (non-hydrogen) atoms. The van der Waals surface area contributed by atoms with Gasteiger partial charge in [-0.3, -0.25) is 0 Å². The van der Waals surface area contributed by atoms with Crippen LogP contribution in [0.5, 0.6) is 0 Å². The van der Waals surface area contributed by atoms with E-state index in [1.165, 1.54) is 32.1 Å². The molecule has 0 aromatic carbocycles. The van der Waals surface area contributed by atoms with Crippen molar-refractivity contribution in [3.05, 3.63) is 22.4 Å². The molecule has 0 amide bonds. The van der Waals surface area contributed by atoms with Crippen molar-refractivity contribution in [1.82, 2.24) is 0 Å². The van der Waals surface area contributed by atoms with Crippen LogP contribution in [0.25, 0.3) is 12.3 Å². The number of halogens is 2. The number of aliphatic hydroxyl groups excluding tert-OH is 1. The molecule has 9 heteroatoms. The zero-order chi connectivity index (χ0) is 12.4. The first kappa shape index (κ1) is 30.5. The van der Waals surface area contributed by atoms with Gasteiger partial charge in [-0.1, -0.05) is 39.0 Å².